The van der Waals surface area contributed by atoms with Crippen LogP contribution >= 0.6 is 0 Å². The molecular formula is C34H30N2. The summed E-state index contributed by atoms with van der Waals surface area (Å²) in [5, 5.41) is 2.43. The number of benzene rings is 4. The van der Waals surface area contributed by atoms with Gasteiger partial charge in [0.25, 0.3) is 0 Å². The van der Waals surface area contributed by atoms with E-state index in [9.17, 15) is 1.37 Å². The molecule has 0 radical (unpaired) electrons. The normalized spacial score (nSPS) is 15.8. The molecule has 2 nitrogen and oxygen atoms in total. The van der Waals surface area contributed by atoms with E-state index in [1.165, 1.54) is 44.5 Å². The van der Waals surface area contributed by atoms with Gasteiger partial charge in [-0.15, -0.1) is 0 Å². The number of rotatable bonds is 5. The minimum absolute atomic E-state index is 0.326. The van der Waals surface area contributed by atoms with Gasteiger partial charge >= 0.3 is 0 Å². The highest BCUT2D eigenvalue weighted by Gasteiger charge is 2.28. The van der Waals surface area contributed by atoms with Crippen LogP contribution in [0.2, 0.25) is 0 Å². The van der Waals surface area contributed by atoms with Crippen LogP contribution in [0.25, 0.3) is 21.8 Å². The van der Waals surface area contributed by atoms with Crippen LogP contribution in [-0.2, 0) is 25.9 Å². The molecule has 1 atom stereocenters. The van der Waals surface area contributed by atoms with Gasteiger partial charge in [-0.2, -0.15) is 0 Å². The maximum atomic E-state index is 9.24. The second-order valence-electron chi connectivity index (χ2n) is 10.1. The first-order valence-electron chi connectivity index (χ1n) is 13.5. The molecule has 2 heterocycles. The topological polar surface area (TPSA) is 9.86 Å². The summed E-state index contributed by atoms with van der Waals surface area (Å²) in [6.07, 6.45) is 3.08. The Bertz CT molecular complexity index is 1710. The molecule has 0 N–H and O–H groups in total. The molecule has 6 aromatic rings. The van der Waals surface area contributed by atoms with Crippen molar-refractivity contribution in [3.05, 3.63) is 143 Å². The highest BCUT2D eigenvalue weighted by molar-refractivity contribution is 5.86. The largest absolute Gasteiger partial charge is 0.340 e. The van der Waals surface area contributed by atoms with Crippen LogP contribution < -0.4 is 0 Å². The quantitative estimate of drug-likeness (QED) is 0.243. The van der Waals surface area contributed by atoms with Gasteiger partial charge in [0, 0.05) is 46.8 Å². The molecule has 1 unspecified atom stereocenters. The zero-order valence-electron chi connectivity index (χ0n) is 21.4. The second-order valence-corrected chi connectivity index (χ2v) is 10.1. The average molecular weight is 468 g/mol. The van der Waals surface area contributed by atoms with Crippen molar-refractivity contribution in [1.82, 2.24) is 9.13 Å². The van der Waals surface area contributed by atoms with Crippen LogP contribution in [0.5, 0.6) is 0 Å². The molecule has 0 spiro atoms. The van der Waals surface area contributed by atoms with E-state index in [2.05, 4.69) is 118 Å². The number of hydrogen-bond donors (Lipinski definition) is 0. The van der Waals surface area contributed by atoms with E-state index >= 15 is 0 Å². The van der Waals surface area contributed by atoms with Gasteiger partial charge in [-0.1, -0.05) is 97.1 Å². The van der Waals surface area contributed by atoms with Crippen molar-refractivity contribution in [2.24, 2.45) is 0 Å². The first-order chi connectivity index (χ1) is 18.3. The molecule has 36 heavy (non-hydrogen) atoms. The van der Waals surface area contributed by atoms with E-state index in [1.54, 1.807) is 0 Å². The summed E-state index contributed by atoms with van der Waals surface area (Å²) in [6.45, 7) is 1.70. The summed E-state index contributed by atoms with van der Waals surface area (Å²) in [4.78, 5) is 0. The van der Waals surface area contributed by atoms with E-state index in [1.807, 2.05) is 0 Å². The number of aromatic nitrogens is 2. The summed E-state index contributed by atoms with van der Waals surface area (Å²) < 4.78 is 14.2. The summed E-state index contributed by atoms with van der Waals surface area (Å²) in [6, 6.07) is 39.5. The fraction of sp³-hybridized carbons (Fsp3) is 0.176. The fourth-order valence-electron chi connectivity index (χ4n) is 6.19. The van der Waals surface area contributed by atoms with Gasteiger partial charge in [-0.25, -0.2) is 0 Å². The smallest absolute Gasteiger partial charge is 0.0648 e. The molecule has 4 aromatic carbocycles. The summed E-state index contributed by atoms with van der Waals surface area (Å²) >= 11 is 0. The van der Waals surface area contributed by atoms with Gasteiger partial charge in [-0.05, 0) is 59.5 Å². The Morgan fingerprint density at radius 3 is 2.03 bits per heavy atom. The SMILES string of the molecule is [2H]c1c(C2CCc3c(c4ccccc4n3Cc3ccccc3)C2)n(Cc2ccccc2)c2ccccc12. The molecule has 0 aliphatic heterocycles. The van der Waals surface area contributed by atoms with Gasteiger partial charge in [0.05, 0.1) is 1.37 Å². The third kappa shape index (κ3) is 3.65. The zero-order chi connectivity index (χ0) is 24.8. The molecule has 7 rings (SSSR count). The second kappa shape index (κ2) is 8.87. The molecule has 1 aliphatic rings. The van der Waals surface area contributed by atoms with Crippen molar-refractivity contribution in [3.63, 3.8) is 0 Å². The van der Waals surface area contributed by atoms with Gasteiger partial charge < -0.3 is 9.13 Å². The lowest BCUT2D eigenvalue weighted by Gasteiger charge is -2.26. The molecule has 0 bridgehead atoms. The Morgan fingerprint density at radius 2 is 1.28 bits per heavy atom. The van der Waals surface area contributed by atoms with Gasteiger partial charge in [-0.3, -0.25) is 0 Å². The molecule has 2 aromatic heterocycles. The molecule has 2 heteroatoms. The van der Waals surface area contributed by atoms with Crippen molar-refractivity contribution in [3.8, 4) is 0 Å². The molecule has 0 amide bonds. The van der Waals surface area contributed by atoms with Crippen LogP contribution in [0.1, 0.15) is 41.8 Å². The third-order valence-corrected chi connectivity index (χ3v) is 7.88. The zero-order valence-corrected chi connectivity index (χ0v) is 20.4. The number of hydrogen-bond acceptors (Lipinski definition) is 0. The van der Waals surface area contributed by atoms with Crippen LogP contribution in [0.4, 0.5) is 0 Å². The van der Waals surface area contributed by atoms with Crippen molar-refractivity contribution < 1.29 is 1.37 Å². The minimum Gasteiger partial charge on any atom is -0.340 e. The van der Waals surface area contributed by atoms with E-state index in [-0.39, 0.29) is 0 Å². The van der Waals surface area contributed by atoms with E-state index in [0.717, 1.165) is 37.7 Å². The van der Waals surface area contributed by atoms with Gasteiger partial charge in [0.15, 0.2) is 0 Å². The first kappa shape index (κ1) is 20.2. The van der Waals surface area contributed by atoms with Crippen LogP contribution in [0.15, 0.2) is 115 Å². The number of nitrogens with zero attached hydrogens (tertiary/aromatic N) is 2. The molecular weight excluding hydrogens is 436 g/mol. The number of para-hydroxylation sites is 2. The molecule has 0 saturated heterocycles. The van der Waals surface area contributed by atoms with E-state index in [0.29, 0.717) is 12.0 Å². The summed E-state index contributed by atoms with van der Waals surface area (Å²) in [5.41, 5.74) is 9.24. The maximum absolute atomic E-state index is 9.24. The lowest BCUT2D eigenvalue weighted by Crippen LogP contribution is -2.18. The van der Waals surface area contributed by atoms with Crippen molar-refractivity contribution in [1.29, 1.82) is 0 Å². The highest BCUT2D eigenvalue weighted by Crippen LogP contribution is 2.40. The average Bonchev–Trinajstić information content (AvgIpc) is 3.41. The van der Waals surface area contributed by atoms with E-state index < -0.39 is 0 Å². The summed E-state index contributed by atoms with van der Waals surface area (Å²) in [5.74, 6) is 0.326. The Labute approximate surface area is 213 Å². The number of fused-ring (bicyclic) bond motifs is 4. The fourth-order valence-corrected chi connectivity index (χ4v) is 6.19. The molecule has 0 saturated carbocycles. The molecule has 0 fully saturated rings. The van der Waals surface area contributed by atoms with Gasteiger partial charge in [0.2, 0.25) is 0 Å². The van der Waals surface area contributed by atoms with Crippen LogP contribution in [0, 0.1) is 0 Å². The molecule has 176 valence electrons. The predicted molar refractivity (Wildman–Crippen MR) is 150 cm³/mol. The Morgan fingerprint density at radius 1 is 0.667 bits per heavy atom. The Kier molecular flexibility index (Phi) is 4.98. The monoisotopic (exact) mass is 467 g/mol. The Hall–Kier alpha value is -4.04. The molecule has 1 aliphatic carbocycles. The van der Waals surface area contributed by atoms with Crippen LogP contribution in [0.3, 0.4) is 0 Å². The van der Waals surface area contributed by atoms with Crippen LogP contribution in [-0.4, -0.2) is 9.13 Å². The summed E-state index contributed by atoms with van der Waals surface area (Å²) in [7, 11) is 0. The highest BCUT2D eigenvalue weighted by atomic mass is 15.0. The van der Waals surface area contributed by atoms with Crippen molar-refractivity contribution in [2.45, 2.75) is 38.3 Å². The first-order valence-corrected chi connectivity index (χ1v) is 13.0. The van der Waals surface area contributed by atoms with E-state index in [4.69, 9.17) is 0 Å². The van der Waals surface area contributed by atoms with Crippen molar-refractivity contribution >= 4 is 21.8 Å². The maximum Gasteiger partial charge on any atom is 0.0648 e. The predicted octanol–water partition coefficient (Wildman–Crippen LogP) is 7.97. The van der Waals surface area contributed by atoms with Gasteiger partial charge in [0.1, 0.15) is 0 Å². The lowest BCUT2D eigenvalue weighted by molar-refractivity contribution is 0.533. The lowest BCUT2D eigenvalue weighted by atomic mass is 9.84. The standard InChI is InChI=1S/C34H30N2/c1-3-11-25(12-4-1)23-35-31-17-9-7-15-27(31)22-34(35)28-19-20-33-30(21-28)29-16-8-10-18-32(29)36(33)24-26-13-5-2-6-14-26/h1-18,22,28H,19-21,23-24H2/i22D. The minimum atomic E-state index is 0.326. The van der Waals surface area contributed by atoms with Crippen molar-refractivity contribution in [2.75, 3.05) is 0 Å². The third-order valence-electron chi connectivity index (χ3n) is 7.88. The Balaban J connectivity index is 1.34.